The van der Waals surface area contributed by atoms with Gasteiger partial charge in [0.2, 0.25) is 0 Å². The van der Waals surface area contributed by atoms with E-state index in [0.717, 1.165) is 17.5 Å². The van der Waals surface area contributed by atoms with Gasteiger partial charge in [0.1, 0.15) is 0 Å². The first-order chi connectivity index (χ1) is 10.0. The van der Waals surface area contributed by atoms with E-state index < -0.39 is 0 Å². The van der Waals surface area contributed by atoms with Gasteiger partial charge in [0.25, 0.3) is 0 Å². The van der Waals surface area contributed by atoms with E-state index in [1.807, 2.05) is 24.4 Å². The van der Waals surface area contributed by atoms with E-state index in [-0.39, 0.29) is 11.9 Å². The third-order valence-electron chi connectivity index (χ3n) is 3.15. The van der Waals surface area contributed by atoms with Crippen LogP contribution in [0.4, 0.5) is 0 Å². The SMILES string of the molecule is CC(C)CC1NC=Cc2c(/C(N)=N/O)cccc21.CCC. The molecule has 1 heterocycles. The highest BCUT2D eigenvalue weighted by molar-refractivity contribution is 6.00. The molecule has 1 aliphatic heterocycles. The topological polar surface area (TPSA) is 70.6 Å². The second kappa shape index (κ2) is 8.35. The summed E-state index contributed by atoms with van der Waals surface area (Å²) in [4.78, 5) is 0. The minimum absolute atomic E-state index is 0.154. The first-order valence-electron chi connectivity index (χ1n) is 7.58. The molecular weight excluding hydrogens is 262 g/mol. The zero-order chi connectivity index (χ0) is 15.8. The lowest BCUT2D eigenvalue weighted by Crippen LogP contribution is -2.24. The normalized spacial score (nSPS) is 16.8. The van der Waals surface area contributed by atoms with Crippen LogP contribution in [0.15, 0.2) is 29.6 Å². The lowest BCUT2D eigenvalue weighted by atomic mass is 9.89. The van der Waals surface area contributed by atoms with Crippen molar-refractivity contribution in [1.82, 2.24) is 5.32 Å². The highest BCUT2D eigenvalue weighted by Gasteiger charge is 2.20. The number of hydrogen-bond donors (Lipinski definition) is 3. The Labute approximate surface area is 127 Å². The number of benzene rings is 1. The monoisotopic (exact) mass is 289 g/mol. The summed E-state index contributed by atoms with van der Waals surface area (Å²) in [7, 11) is 0. The van der Waals surface area contributed by atoms with E-state index in [0.29, 0.717) is 5.92 Å². The summed E-state index contributed by atoms with van der Waals surface area (Å²) < 4.78 is 0. The number of rotatable bonds is 3. The molecule has 0 spiro atoms. The Morgan fingerprint density at radius 3 is 2.62 bits per heavy atom. The van der Waals surface area contributed by atoms with Crippen molar-refractivity contribution in [3.63, 3.8) is 0 Å². The molecule has 0 saturated heterocycles. The van der Waals surface area contributed by atoms with Crippen LogP contribution in [0.3, 0.4) is 0 Å². The van der Waals surface area contributed by atoms with Gasteiger partial charge in [-0.25, -0.2) is 0 Å². The average Bonchev–Trinajstić information content (AvgIpc) is 2.46. The van der Waals surface area contributed by atoms with Crippen molar-refractivity contribution in [3.05, 3.63) is 41.1 Å². The van der Waals surface area contributed by atoms with Gasteiger partial charge in [-0.2, -0.15) is 0 Å². The minimum Gasteiger partial charge on any atom is -0.409 e. The number of fused-ring (bicyclic) bond motifs is 1. The molecule has 0 saturated carbocycles. The van der Waals surface area contributed by atoms with Gasteiger partial charge < -0.3 is 16.3 Å². The molecule has 1 aromatic rings. The van der Waals surface area contributed by atoms with Gasteiger partial charge in [-0.1, -0.05) is 57.5 Å². The molecule has 1 aromatic carbocycles. The van der Waals surface area contributed by atoms with E-state index >= 15 is 0 Å². The zero-order valence-electron chi connectivity index (χ0n) is 13.4. The number of nitrogens with zero attached hydrogens (tertiary/aromatic N) is 1. The molecule has 0 fully saturated rings. The lowest BCUT2D eigenvalue weighted by molar-refractivity contribution is 0.318. The first-order valence-corrected chi connectivity index (χ1v) is 7.58. The molecule has 21 heavy (non-hydrogen) atoms. The maximum atomic E-state index is 8.82. The lowest BCUT2D eigenvalue weighted by Gasteiger charge is -2.26. The predicted octanol–water partition coefficient (Wildman–Crippen LogP) is 3.86. The Bertz CT molecular complexity index is 507. The predicted molar refractivity (Wildman–Crippen MR) is 89.3 cm³/mol. The number of nitrogens with one attached hydrogen (secondary N) is 1. The fourth-order valence-corrected chi connectivity index (χ4v) is 2.35. The summed E-state index contributed by atoms with van der Waals surface area (Å²) in [6, 6.07) is 6.19. The third kappa shape index (κ3) is 4.52. The van der Waals surface area contributed by atoms with Crippen LogP contribution in [0.5, 0.6) is 0 Å². The Morgan fingerprint density at radius 1 is 1.38 bits per heavy atom. The molecule has 4 N–H and O–H groups in total. The van der Waals surface area contributed by atoms with Gasteiger partial charge in [-0.15, -0.1) is 0 Å². The van der Waals surface area contributed by atoms with E-state index in [1.54, 1.807) is 0 Å². The summed E-state index contributed by atoms with van der Waals surface area (Å²) >= 11 is 0. The van der Waals surface area contributed by atoms with Crippen LogP contribution in [0, 0.1) is 5.92 Å². The van der Waals surface area contributed by atoms with Gasteiger partial charge in [0.05, 0.1) is 6.04 Å². The van der Waals surface area contributed by atoms with Gasteiger partial charge in [-0.3, -0.25) is 0 Å². The van der Waals surface area contributed by atoms with E-state index in [9.17, 15) is 0 Å². The van der Waals surface area contributed by atoms with Crippen LogP contribution < -0.4 is 11.1 Å². The summed E-state index contributed by atoms with van der Waals surface area (Å²) in [5.41, 5.74) is 8.73. The Hall–Kier alpha value is -1.97. The number of nitrogens with two attached hydrogens (primary N) is 1. The zero-order valence-corrected chi connectivity index (χ0v) is 13.4. The second-order valence-electron chi connectivity index (χ2n) is 5.68. The Balaban J connectivity index is 0.000000677. The van der Waals surface area contributed by atoms with E-state index in [4.69, 9.17) is 10.9 Å². The average molecular weight is 289 g/mol. The molecule has 0 bridgehead atoms. The highest BCUT2D eigenvalue weighted by atomic mass is 16.4. The van der Waals surface area contributed by atoms with Crippen molar-refractivity contribution >= 4 is 11.9 Å². The van der Waals surface area contributed by atoms with Crippen LogP contribution in [0.1, 0.15) is 63.3 Å². The summed E-state index contributed by atoms with van der Waals surface area (Å²) in [6.07, 6.45) is 6.21. The minimum atomic E-state index is 0.154. The van der Waals surface area contributed by atoms with Crippen molar-refractivity contribution in [2.75, 3.05) is 0 Å². The van der Waals surface area contributed by atoms with Gasteiger partial charge in [0.15, 0.2) is 5.84 Å². The molecular formula is C17H27N3O. The molecule has 0 aliphatic carbocycles. The molecule has 1 atom stereocenters. The largest absolute Gasteiger partial charge is 0.409 e. The maximum Gasteiger partial charge on any atom is 0.170 e. The Kier molecular flexibility index (Phi) is 6.79. The first kappa shape index (κ1) is 17.1. The van der Waals surface area contributed by atoms with Crippen molar-refractivity contribution in [2.24, 2.45) is 16.8 Å². The second-order valence-corrected chi connectivity index (χ2v) is 5.68. The summed E-state index contributed by atoms with van der Waals surface area (Å²) in [5, 5.41) is 15.3. The highest BCUT2D eigenvalue weighted by Crippen LogP contribution is 2.30. The summed E-state index contributed by atoms with van der Waals surface area (Å²) in [5.74, 6) is 0.760. The van der Waals surface area contributed by atoms with Crippen LogP contribution in [0.25, 0.3) is 6.08 Å². The molecule has 2 rings (SSSR count). The fraction of sp³-hybridized carbons (Fsp3) is 0.471. The van der Waals surface area contributed by atoms with Crippen molar-refractivity contribution < 1.29 is 5.21 Å². The number of oxime groups is 1. The van der Waals surface area contributed by atoms with Crippen LogP contribution in [-0.4, -0.2) is 11.0 Å². The van der Waals surface area contributed by atoms with Crippen molar-refractivity contribution in [1.29, 1.82) is 0 Å². The molecule has 0 amide bonds. The van der Waals surface area contributed by atoms with Crippen molar-refractivity contribution in [2.45, 2.75) is 46.6 Å². The third-order valence-corrected chi connectivity index (χ3v) is 3.15. The van der Waals surface area contributed by atoms with Crippen LogP contribution in [-0.2, 0) is 0 Å². The van der Waals surface area contributed by atoms with Crippen LogP contribution in [0.2, 0.25) is 0 Å². The number of hydrogen-bond acceptors (Lipinski definition) is 3. The van der Waals surface area contributed by atoms with E-state index in [1.165, 1.54) is 12.0 Å². The van der Waals surface area contributed by atoms with Gasteiger partial charge >= 0.3 is 0 Å². The fourth-order valence-electron chi connectivity index (χ4n) is 2.35. The summed E-state index contributed by atoms with van der Waals surface area (Å²) in [6.45, 7) is 8.65. The quantitative estimate of drug-likeness (QED) is 0.342. The number of amidine groups is 1. The molecule has 4 nitrogen and oxygen atoms in total. The van der Waals surface area contributed by atoms with Crippen molar-refractivity contribution in [3.8, 4) is 0 Å². The smallest absolute Gasteiger partial charge is 0.170 e. The standard InChI is InChI=1S/C14H19N3O.C3H8/c1-9(2)8-13-11-4-3-5-12(14(15)17-18)10(11)6-7-16-13;1-3-2/h3-7,9,13,16,18H,8H2,1-2H3,(H2,15,17);3H2,1-2H3. The van der Waals surface area contributed by atoms with Gasteiger partial charge in [0, 0.05) is 5.56 Å². The Morgan fingerprint density at radius 2 is 2.05 bits per heavy atom. The molecule has 0 aromatic heterocycles. The molecule has 1 unspecified atom stereocenters. The molecule has 0 radical (unpaired) electrons. The molecule has 4 heteroatoms. The molecule has 116 valence electrons. The van der Waals surface area contributed by atoms with Gasteiger partial charge in [-0.05, 0) is 35.7 Å². The van der Waals surface area contributed by atoms with Crippen LogP contribution >= 0.6 is 0 Å². The maximum absolute atomic E-state index is 8.82. The van der Waals surface area contributed by atoms with E-state index in [2.05, 4.69) is 44.2 Å². The molecule has 1 aliphatic rings.